The van der Waals surface area contributed by atoms with Crippen molar-refractivity contribution in [3.8, 4) is 17.8 Å². The van der Waals surface area contributed by atoms with Crippen molar-refractivity contribution in [2.24, 2.45) is 5.92 Å². The molecule has 9 nitrogen and oxygen atoms in total. The molecular formula is C25H23ClN6O3S. The second-order valence-corrected chi connectivity index (χ2v) is 10.3. The number of aromatic nitrogens is 3. The first-order valence-electron chi connectivity index (χ1n) is 11.5. The maximum Gasteiger partial charge on any atom is 0.274 e. The molecule has 2 aliphatic rings. The third kappa shape index (κ3) is 5.17. The summed E-state index contributed by atoms with van der Waals surface area (Å²) in [5.74, 6) is 1.88. The fraction of sp³-hybridized carbons (Fsp3) is 0.320. The summed E-state index contributed by atoms with van der Waals surface area (Å²) in [6, 6.07) is 10.1. The van der Waals surface area contributed by atoms with E-state index in [1.54, 1.807) is 43.1 Å². The molecular weight excluding hydrogens is 500 g/mol. The Labute approximate surface area is 217 Å². The largest absolute Gasteiger partial charge is 0.472 e. The van der Waals surface area contributed by atoms with E-state index in [0.717, 1.165) is 24.3 Å². The number of rotatable bonds is 8. The number of hydrogen-bond acceptors (Lipinski definition) is 7. The summed E-state index contributed by atoms with van der Waals surface area (Å²) in [6.07, 6.45) is 3.76. The molecule has 1 aliphatic carbocycles. The van der Waals surface area contributed by atoms with Gasteiger partial charge in [0.05, 0.1) is 27.9 Å². The lowest BCUT2D eigenvalue weighted by Gasteiger charge is -2.24. The minimum Gasteiger partial charge on any atom is -0.472 e. The summed E-state index contributed by atoms with van der Waals surface area (Å²) in [7, 11) is 0. The first-order chi connectivity index (χ1) is 17.4. The molecule has 0 atom stereocenters. The number of thioether (sulfide) groups is 1. The second-order valence-electron chi connectivity index (χ2n) is 8.80. The van der Waals surface area contributed by atoms with Crippen LogP contribution in [0.5, 0.6) is 5.88 Å². The quantitative estimate of drug-likeness (QED) is 0.458. The molecule has 0 bridgehead atoms. The normalized spacial score (nSPS) is 15.0. The minimum atomic E-state index is -0.522. The predicted octanol–water partition coefficient (Wildman–Crippen LogP) is 3.99. The number of pyridine rings is 1. The molecule has 2 fully saturated rings. The number of nitriles is 1. The van der Waals surface area contributed by atoms with E-state index in [0.29, 0.717) is 34.3 Å². The number of carbonyl (C=O) groups excluding carboxylic acids is 2. The van der Waals surface area contributed by atoms with Crippen molar-refractivity contribution in [1.82, 2.24) is 20.1 Å². The van der Waals surface area contributed by atoms with Gasteiger partial charge in [-0.05, 0) is 55.5 Å². The van der Waals surface area contributed by atoms with Crippen LogP contribution in [-0.4, -0.2) is 50.7 Å². The van der Waals surface area contributed by atoms with Crippen molar-refractivity contribution >= 4 is 40.9 Å². The molecule has 1 aromatic carbocycles. The van der Waals surface area contributed by atoms with Crippen LogP contribution in [0, 0.1) is 24.2 Å². The van der Waals surface area contributed by atoms with Gasteiger partial charge in [-0.15, -0.1) is 5.10 Å². The Hall–Kier alpha value is -3.55. The average Bonchev–Trinajstić information content (AvgIpc) is 3.58. The van der Waals surface area contributed by atoms with Gasteiger partial charge in [-0.3, -0.25) is 9.59 Å². The molecule has 11 heteroatoms. The van der Waals surface area contributed by atoms with Gasteiger partial charge in [-0.2, -0.15) is 17.0 Å². The summed E-state index contributed by atoms with van der Waals surface area (Å²) < 4.78 is 7.24. The number of benzene rings is 1. The average molecular weight is 523 g/mol. The molecule has 5 rings (SSSR count). The highest BCUT2D eigenvalue weighted by Crippen LogP contribution is 2.30. The third-order valence-corrected chi connectivity index (χ3v) is 7.46. The zero-order valence-electron chi connectivity index (χ0n) is 19.5. The monoisotopic (exact) mass is 522 g/mol. The van der Waals surface area contributed by atoms with Gasteiger partial charge in [-0.25, -0.2) is 9.67 Å². The number of anilines is 1. The standard InChI is InChI=1S/C25H23ClN6O3S/c1-14-7-16(10-27)8-18(24(33)29-11-15-4-5-15)22(14)30-25(34)20-9-21(35-17-12-36-13-17)31-32(20)23-19(26)3-2-6-28-23/h2-3,6-9,15,17H,4-5,11-13H2,1H3,(H,29,33)(H,30,34). The van der Waals surface area contributed by atoms with Crippen molar-refractivity contribution < 1.29 is 14.3 Å². The first kappa shape index (κ1) is 24.2. The molecule has 3 heterocycles. The number of carbonyl (C=O) groups is 2. The minimum absolute atomic E-state index is 0.0241. The smallest absolute Gasteiger partial charge is 0.274 e. The van der Waals surface area contributed by atoms with Gasteiger partial charge in [0.25, 0.3) is 11.8 Å². The Balaban J connectivity index is 1.49. The Morgan fingerprint density at radius 2 is 2.08 bits per heavy atom. The van der Waals surface area contributed by atoms with E-state index in [9.17, 15) is 14.9 Å². The summed E-state index contributed by atoms with van der Waals surface area (Å²) in [6.45, 7) is 2.30. The van der Waals surface area contributed by atoms with Gasteiger partial charge < -0.3 is 15.4 Å². The highest BCUT2D eigenvalue weighted by atomic mass is 35.5. The lowest BCUT2D eigenvalue weighted by molar-refractivity contribution is 0.0952. The Morgan fingerprint density at radius 1 is 1.28 bits per heavy atom. The second kappa shape index (κ2) is 10.2. The fourth-order valence-corrected chi connectivity index (χ4v) is 4.52. The molecule has 0 radical (unpaired) electrons. The molecule has 1 aliphatic heterocycles. The molecule has 2 N–H and O–H groups in total. The molecule has 1 saturated heterocycles. The summed E-state index contributed by atoms with van der Waals surface area (Å²) in [4.78, 5) is 30.8. The first-order valence-corrected chi connectivity index (χ1v) is 13.1. The van der Waals surface area contributed by atoms with E-state index in [2.05, 4.69) is 26.8 Å². The van der Waals surface area contributed by atoms with Crippen molar-refractivity contribution in [3.63, 3.8) is 0 Å². The van der Waals surface area contributed by atoms with Gasteiger partial charge >= 0.3 is 0 Å². The van der Waals surface area contributed by atoms with Crippen LogP contribution in [0.3, 0.4) is 0 Å². The summed E-state index contributed by atoms with van der Waals surface area (Å²) in [5.41, 5.74) is 1.62. The van der Waals surface area contributed by atoms with Gasteiger partial charge in [0.15, 0.2) is 5.82 Å². The Morgan fingerprint density at radius 3 is 2.75 bits per heavy atom. The van der Waals surface area contributed by atoms with Crippen LogP contribution >= 0.6 is 23.4 Å². The van der Waals surface area contributed by atoms with Crippen molar-refractivity contribution in [3.05, 3.63) is 63.9 Å². The number of hydrogen-bond donors (Lipinski definition) is 2. The van der Waals surface area contributed by atoms with E-state index in [1.165, 1.54) is 16.8 Å². The number of ether oxygens (including phenoxy) is 1. The van der Waals surface area contributed by atoms with E-state index in [4.69, 9.17) is 16.3 Å². The zero-order chi connectivity index (χ0) is 25.2. The molecule has 0 unspecified atom stereocenters. The van der Waals surface area contributed by atoms with Gasteiger partial charge in [0.2, 0.25) is 5.88 Å². The fourth-order valence-electron chi connectivity index (χ4n) is 3.75. The topological polar surface area (TPSA) is 122 Å². The van der Waals surface area contributed by atoms with Crippen LogP contribution in [0.4, 0.5) is 5.69 Å². The van der Waals surface area contributed by atoms with Crippen LogP contribution in [0.1, 0.15) is 44.8 Å². The SMILES string of the molecule is Cc1cc(C#N)cc(C(=O)NCC2CC2)c1NC(=O)c1cc(OC2CSC2)nn1-c1ncccc1Cl. The number of halogens is 1. The Kier molecular flexibility index (Phi) is 6.85. The van der Waals surface area contributed by atoms with E-state index < -0.39 is 5.91 Å². The molecule has 1 saturated carbocycles. The number of nitrogens with zero attached hydrogens (tertiary/aromatic N) is 4. The van der Waals surface area contributed by atoms with Gasteiger partial charge in [-0.1, -0.05) is 11.6 Å². The number of nitrogens with one attached hydrogen (secondary N) is 2. The zero-order valence-corrected chi connectivity index (χ0v) is 21.0. The van der Waals surface area contributed by atoms with E-state index >= 15 is 0 Å². The highest BCUT2D eigenvalue weighted by molar-refractivity contribution is 8.00. The molecule has 3 aromatic rings. The maximum atomic E-state index is 13.6. The van der Waals surface area contributed by atoms with Crippen LogP contribution in [-0.2, 0) is 0 Å². The highest BCUT2D eigenvalue weighted by Gasteiger charge is 2.27. The molecule has 2 aromatic heterocycles. The van der Waals surface area contributed by atoms with Gasteiger partial charge in [0, 0.05) is 30.3 Å². The lowest BCUT2D eigenvalue weighted by atomic mass is 10.0. The predicted molar refractivity (Wildman–Crippen MR) is 137 cm³/mol. The van der Waals surface area contributed by atoms with Crippen molar-refractivity contribution in [2.75, 3.05) is 23.4 Å². The van der Waals surface area contributed by atoms with E-state index in [1.807, 2.05) is 0 Å². The van der Waals surface area contributed by atoms with Crippen LogP contribution in [0.2, 0.25) is 5.02 Å². The number of amides is 2. The summed E-state index contributed by atoms with van der Waals surface area (Å²) >= 11 is 8.12. The maximum absolute atomic E-state index is 13.6. The lowest BCUT2D eigenvalue weighted by Crippen LogP contribution is -2.31. The van der Waals surface area contributed by atoms with Crippen molar-refractivity contribution in [2.45, 2.75) is 25.9 Å². The Bertz CT molecular complexity index is 1380. The molecule has 2 amide bonds. The van der Waals surface area contributed by atoms with Crippen LogP contribution < -0.4 is 15.4 Å². The number of aryl methyl sites for hydroxylation is 1. The van der Waals surface area contributed by atoms with E-state index in [-0.39, 0.29) is 35.0 Å². The molecule has 184 valence electrons. The molecule has 0 spiro atoms. The van der Waals surface area contributed by atoms with Gasteiger partial charge in [0.1, 0.15) is 11.8 Å². The third-order valence-electron chi connectivity index (χ3n) is 5.95. The van der Waals surface area contributed by atoms with Crippen LogP contribution in [0.25, 0.3) is 5.82 Å². The summed E-state index contributed by atoms with van der Waals surface area (Å²) in [5, 5.41) is 19.9. The molecule has 36 heavy (non-hydrogen) atoms. The van der Waals surface area contributed by atoms with Crippen molar-refractivity contribution in [1.29, 1.82) is 5.26 Å². The van der Waals surface area contributed by atoms with Crippen LogP contribution in [0.15, 0.2) is 36.5 Å².